The Kier molecular flexibility index (Phi) is 8.24. The molecule has 0 heterocycles. The van der Waals surface area contributed by atoms with Crippen molar-refractivity contribution in [2.75, 3.05) is 0 Å². The van der Waals surface area contributed by atoms with Crippen molar-refractivity contribution in [2.24, 2.45) is 0 Å². The van der Waals surface area contributed by atoms with Crippen molar-refractivity contribution in [1.29, 1.82) is 0 Å². The number of hydrogen-bond donors (Lipinski definition) is 0. The van der Waals surface area contributed by atoms with Crippen LogP contribution in [0.2, 0.25) is 5.79 Å². The van der Waals surface area contributed by atoms with E-state index in [9.17, 15) is 0 Å². The van der Waals surface area contributed by atoms with Crippen molar-refractivity contribution in [1.82, 2.24) is 0 Å². The van der Waals surface area contributed by atoms with E-state index in [4.69, 9.17) is 7.58 Å². The Balaban J connectivity index is 1.47. The zero-order chi connectivity index (χ0) is 28.9. The molecule has 6 aromatic carbocycles. The molecular weight excluding hydrogens is 527 g/mol. The highest BCUT2D eigenvalue weighted by Crippen LogP contribution is 2.43. The molecule has 2 nitrogen and oxygen atoms in total. The van der Waals surface area contributed by atoms with Crippen molar-refractivity contribution < 1.29 is 7.58 Å². The monoisotopic (exact) mass is 560 g/mol. The third-order valence-corrected chi connectivity index (χ3v) is 8.51. The summed E-state index contributed by atoms with van der Waals surface area (Å²) in [5, 5.41) is 0. The predicted octanol–water partition coefficient (Wildman–Crippen LogP) is 10.5. The molecule has 3 heteroatoms. The molecule has 42 heavy (non-hydrogen) atoms. The van der Waals surface area contributed by atoms with Crippen LogP contribution in [0.25, 0.3) is 44.5 Å². The fraction of sp³-hybridized carbons (Fsp3) is 0.0769. The van der Waals surface area contributed by atoms with Gasteiger partial charge in [0.15, 0.2) is 0 Å². The highest BCUT2D eigenvalue weighted by Gasteiger charge is 2.30. The summed E-state index contributed by atoms with van der Waals surface area (Å²) >= 11 is -2.29. The minimum Gasteiger partial charge on any atom is -0.611 e. The van der Waals surface area contributed by atoms with Crippen LogP contribution in [0.5, 0.6) is 11.5 Å². The molecule has 0 radical (unpaired) electrons. The topological polar surface area (TPSA) is 18.5 Å². The molecule has 0 atom stereocenters. The summed E-state index contributed by atoms with van der Waals surface area (Å²) in [6, 6.07) is 50.8. The molecule has 0 saturated carbocycles. The van der Waals surface area contributed by atoms with E-state index in [-0.39, 0.29) is 0 Å². The number of benzene rings is 6. The van der Waals surface area contributed by atoms with Gasteiger partial charge in [-0.2, -0.15) is 0 Å². The van der Waals surface area contributed by atoms with E-state index in [1.165, 1.54) is 11.1 Å². The predicted molar refractivity (Wildman–Crippen MR) is 177 cm³/mol. The minimum absolute atomic E-state index is 0.867. The van der Waals surface area contributed by atoms with E-state index >= 15 is 0 Å². The SMILES string of the molecule is Cc1cc(-c2ccccc2)c([O][Al]([CH3])[O]c2c(-c3ccccc3)cc(C)cc2-c2ccccc2)c(-c2ccccc2)c1. The highest BCUT2D eigenvalue weighted by atomic mass is 27.2. The van der Waals surface area contributed by atoms with Crippen molar-refractivity contribution in [3.05, 3.63) is 157 Å². The van der Waals surface area contributed by atoms with Crippen molar-refractivity contribution in [3.8, 4) is 56.0 Å². The van der Waals surface area contributed by atoms with Crippen LogP contribution in [0.1, 0.15) is 11.1 Å². The zero-order valence-corrected chi connectivity index (χ0v) is 25.4. The van der Waals surface area contributed by atoms with Gasteiger partial charge in [0.2, 0.25) is 0 Å². The maximum atomic E-state index is 6.97. The van der Waals surface area contributed by atoms with Gasteiger partial charge in [0, 0.05) is 22.3 Å². The first-order valence-electron chi connectivity index (χ1n) is 14.4. The van der Waals surface area contributed by atoms with Crippen LogP contribution in [0.4, 0.5) is 0 Å². The highest BCUT2D eigenvalue weighted by molar-refractivity contribution is 6.45. The lowest BCUT2D eigenvalue weighted by molar-refractivity contribution is 0.434. The molecule has 0 saturated heterocycles. The quantitative estimate of drug-likeness (QED) is 0.172. The van der Waals surface area contributed by atoms with Crippen molar-refractivity contribution in [3.63, 3.8) is 0 Å². The third-order valence-electron chi connectivity index (χ3n) is 7.37. The minimum atomic E-state index is -2.29. The average Bonchev–Trinajstić information content (AvgIpc) is 3.04. The maximum absolute atomic E-state index is 6.97. The second kappa shape index (κ2) is 12.5. The number of aryl methyl sites for hydroxylation is 2. The van der Waals surface area contributed by atoms with Crippen molar-refractivity contribution >= 4 is 14.8 Å². The summed E-state index contributed by atoms with van der Waals surface area (Å²) in [6.45, 7) is 4.29. The smallest absolute Gasteiger partial charge is 0.611 e. The molecule has 6 aromatic rings. The maximum Gasteiger partial charge on any atom is 0.853 e. The van der Waals surface area contributed by atoms with Crippen LogP contribution in [-0.4, -0.2) is 14.8 Å². The Morgan fingerprint density at radius 3 is 0.857 bits per heavy atom. The van der Waals surface area contributed by atoms with Crippen LogP contribution >= 0.6 is 0 Å². The lowest BCUT2D eigenvalue weighted by Crippen LogP contribution is -2.27. The largest absolute Gasteiger partial charge is 0.853 e. The molecule has 0 N–H and O–H groups in total. The van der Waals surface area contributed by atoms with E-state index < -0.39 is 14.8 Å². The summed E-state index contributed by atoms with van der Waals surface area (Å²) < 4.78 is 13.9. The Labute approximate surface area is 253 Å². The number of rotatable bonds is 8. The summed E-state index contributed by atoms with van der Waals surface area (Å²) in [4.78, 5) is 0. The molecule has 0 spiro atoms. The van der Waals surface area contributed by atoms with Crippen LogP contribution in [-0.2, 0) is 0 Å². The van der Waals surface area contributed by atoms with Gasteiger partial charge in [-0.15, -0.1) is 0 Å². The first-order valence-corrected chi connectivity index (χ1v) is 16.5. The summed E-state index contributed by atoms with van der Waals surface area (Å²) in [6.07, 6.45) is 0. The molecule has 0 bridgehead atoms. The van der Waals surface area contributed by atoms with Gasteiger partial charge in [-0.05, 0) is 77.3 Å². The normalized spacial score (nSPS) is 10.7. The summed E-state index contributed by atoms with van der Waals surface area (Å²) in [7, 11) is 0. The second-order valence-electron chi connectivity index (χ2n) is 10.6. The Morgan fingerprint density at radius 2 is 0.619 bits per heavy atom. The van der Waals surface area contributed by atoms with Gasteiger partial charge in [-0.3, -0.25) is 0 Å². The second-order valence-corrected chi connectivity index (χ2v) is 12.3. The molecule has 0 amide bonds. The van der Waals surface area contributed by atoms with E-state index in [1.807, 2.05) is 24.3 Å². The van der Waals surface area contributed by atoms with Gasteiger partial charge in [0.1, 0.15) is 0 Å². The van der Waals surface area contributed by atoms with Crippen LogP contribution in [0, 0.1) is 13.8 Å². The first-order chi connectivity index (χ1) is 20.6. The van der Waals surface area contributed by atoms with E-state index in [0.29, 0.717) is 0 Å². The third kappa shape index (κ3) is 6.04. The Hall–Kier alpha value is -4.55. The van der Waals surface area contributed by atoms with E-state index in [2.05, 4.69) is 141 Å². The molecule has 0 aliphatic heterocycles. The van der Waals surface area contributed by atoms with Gasteiger partial charge >= 0.3 is 14.8 Å². The lowest BCUT2D eigenvalue weighted by atomic mass is 9.95. The van der Waals surface area contributed by atoms with E-state index in [0.717, 1.165) is 56.0 Å². The van der Waals surface area contributed by atoms with Gasteiger partial charge in [0.25, 0.3) is 0 Å². The van der Waals surface area contributed by atoms with Crippen LogP contribution < -0.4 is 7.58 Å². The van der Waals surface area contributed by atoms with Crippen LogP contribution in [0.3, 0.4) is 0 Å². The summed E-state index contributed by atoms with van der Waals surface area (Å²) in [5.74, 6) is 3.85. The van der Waals surface area contributed by atoms with Gasteiger partial charge < -0.3 is 7.58 Å². The Morgan fingerprint density at radius 1 is 0.381 bits per heavy atom. The Bertz CT molecular complexity index is 1530. The fourth-order valence-corrected chi connectivity index (χ4v) is 6.70. The fourth-order valence-electron chi connectivity index (χ4n) is 5.48. The first kappa shape index (κ1) is 27.6. The molecule has 0 aliphatic rings. The molecule has 0 aliphatic carbocycles. The molecular formula is C39H33AlO2. The standard InChI is InChI=1S/2C19H16O.CH3.Al/c2*1-14-12-17(15-8-4-2-5-9-15)19(20)18(13-14)16-10-6-3-7-11-16;;/h2*2-13,20H,1H3;1H3;/q;;;+2/p-2. The van der Waals surface area contributed by atoms with Gasteiger partial charge in [-0.1, -0.05) is 121 Å². The molecule has 0 fully saturated rings. The van der Waals surface area contributed by atoms with Crippen molar-refractivity contribution in [2.45, 2.75) is 19.6 Å². The molecule has 6 rings (SSSR count). The van der Waals surface area contributed by atoms with E-state index in [1.54, 1.807) is 0 Å². The molecule has 0 unspecified atom stereocenters. The zero-order valence-electron chi connectivity index (χ0n) is 24.3. The molecule has 204 valence electrons. The van der Waals surface area contributed by atoms with Gasteiger partial charge in [-0.25, -0.2) is 0 Å². The number of hydrogen-bond acceptors (Lipinski definition) is 2. The van der Waals surface area contributed by atoms with Crippen LogP contribution in [0.15, 0.2) is 146 Å². The summed E-state index contributed by atoms with van der Waals surface area (Å²) in [5.41, 5.74) is 11.2. The average molecular weight is 561 g/mol. The van der Waals surface area contributed by atoms with Gasteiger partial charge in [0.05, 0.1) is 11.5 Å². The molecule has 0 aromatic heterocycles. The lowest BCUT2D eigenvalue weighted by Gasteiger charge is -2.24.